The van der Waals surface area contributed by atoms with Crippen molar-refractivity contribution in [3.63, 3.8) is 0 Å². The first-order chi connectivity index (χ1) is 7.93. The van der Waals surface area contributed by atoms with E-state index in [0.29, 0.717) is 21.5 Å². The number of halogens is 1. The number of hydrogen-bond acceptors (Lipinski definition) is 4. The highest BCUT2D eigenvalue weighted by molar-refractivity contribution is 9.10. The van der Waals surface area contributed by atoms with Gasteiger partial charge in [-0.1, -0.05) is 0 Å². The Bertz CT molecular complexity index is 459. The van der Waals surface area contributed by atoms with Crippen molar-refractivity contribution in [2.75, 3.05) is 7.11 Å². The van der Waals surface area contributed by atoms with Crippen LogP contribution in [0.15, 0.2) is 16.6 Å². The van der Waals surface area contributed by atoms with Gasteiger partial charge in [0.2, 0.25) is 5.91 Å². The van der Waals surface area contributed by atoms with Crippen molar-refractivity contribution in [2.45, 2.75) is 13.3 Å². The van der Waals surface area contributed by atoms with Crippen LogP contribution < -0.4 is 15.2 Å². The van der Waals surface area contributed by atoms with Gasteiger partial charge >= 0.3 is 5.97 Å². The second-order valence-corrected chi connectivity index (χ2v) is 4.19. The lowest BCUT2D eigenvalue weighted by molar-refractivity contribution is -0.132. The lowest BCUT2D eigenvalue weighted by Crippen LogP contribution is -2.15. The third-order valence-electron chi connectivity index (χ3n) is 1.95. The Morgan fingerprint density at radius 2 is 2.00 bits per heavy atom. The third kappa shape index (κ3) is 3.74. The molecule has 2 N–H and O–H groups in total. The van der Waals surface area contributed by atoms with Gasteiger partial charge in [0.25, 0.3) is 0 Å². The molecular weight excluding hydrogens is 290 g/mol. The van der Waals surface area contributed by atoms with Crippen LogP contribution in [0.5, 0.6) is 11.5 Å². The predicted octanol–water partition coefficient (Wildman–Crippen LogP) is 1.41. The molecule has 0 fully saturated rings. The summed E-state index contributed by atoms with van der Waals surface area (Å²) < 4.78 is 10.7. The van der Waals surface area contributed by atoms with Crippen molar-refractivity contribution in [3.05, 3.63) is 22.2 Å². The van der Waals surface area contributed by atoms with Gasteiger partial charge in [-0.3, -0.25) is 9.59 Å². The van der Waals surface area contributed by atoms with Crippen LogP contribution in [0.4, 0.5) is 0 Å². The molecule has 0 aromatic heterocycles. The zero-order valence-corrected chi connectivity index (χ0v) is 11.0. The van der Waals surface area contributed by atoms with Gasteiger partial charge in [0.05, 0.1) is 18.0 Å². The quantitative estimate of drug-likeness (QED) is 0.674. The zero-order chi connectivity index (χ0) is 13.0. The number of amides is 1. The Morgan fingerprint density at radius 3 is 2.47 bits per heavy atom. The maximum Gasteiger partial charge on any atom is 0.308 e. The van der Waals surface area contributed by atoms with E-state index in [1.165, 1.54) is 14.0 Å². The van der Waals surface area contributed by atoms with Crippen LogP contribution in [0.3, 0.4) is 0 Å². The maximum absolute atomic E-state index is 10.9. The van der Waals surface area contributed by atoms with Crippen LogP contribution in [0.25, 0.3) is 0 Å². The summed E-state index contributed by atoms with van der Waals surface area (Å²) in [5.41, 5.74) is 5.63. The summed E-state index contributed by atoms with van der Waals surface area (Å²) in [5.74, 6) is -0.142. The summed E-state index contributed by atoms with van der Waals surface area (Å²) in [6.07, 6.45) is -0.0216. The minimum absolute atomic E-state index is 0.0216. The molecule has 1 rings (SSSR count). The van der Waals surface area contributed by atoms with E-state index in [0.717, 1.165) is 0 Å². The Balaban J connectivity index is 3.20. The molecule has 6 heteroatoms. The summed E-state index contributed by atoms with van der Waals surface area (Å²) in [4.78, 5) is 21.9. The SMILES string of the molecule is COc1cc(CC(N)=O)c(OC(C)=O)cc1Br. The van der Waals surface area contributed by atoms with Gasteiger partial charge in [-0.15, -0.1) is 0 Å². The molecule has 0 spiro atoms. The van der Waals surface area contributed by atoms with E-state index < -0.39 is 11.9 Å². The molecule has 17 heavy (non-hydrogen) atoms. The Labute approximate surface area is 107 Å². The monoisotopic (exact) mass is 301 g/mol. The summed E-state index contributed by atoms with van der Waals surface area (Å²) in [5, 5.41) is 0. The van der Waals surface area contributed by atoms with E-state index in [-0.39, 0.29) is 6.42 Å². The van der Waals surface area contributed by atoms with Crippen LogP contribution in [-0.2, 0) is 16.0 Å². The Morgan fingerprint density at radius 1 is 1.35 bits per heavy atom. The van der Waals surface area contributed by atoms with E-state index in [4.69, 9.17) is 15.2 Å². The smallest absolute Gasteiger partial charge is 0.308 e. The molecule has 0 aliphatic rings. The number of carbonyl (C=O) groups excluding carboxylic acids is 2. The third-order valence-corrected chi connectivity index (χ3v) is 2.57. The van der Waals surface area contributed by atoms with Gasteiger partial charge < -0.3 is 15.2 Å². The number of rotatable bonds is 4. The van der Waals surface area contributed by atoms with Crippen molar-refractivity contribution in [2.24, 2.45) is 5.73 Å². The van der Waals surface area contributed by atoms with Crippen LogP contribution >= 0.6 is 15.9 Å². The average Bonchev–Trinajstić information content (AvgIpc) is 2.20. The number of carbonyl (C=O) groups is 2. The first-order valence-electron chi connectivity index (χ1n) is 4.77. The normalized spacial score (nSPS) is 9.82. The molecule has 0 saturated carbocycles. The van der Waals surface area contributed by atoms with Crippen molar-refractivity contribution in [1.29, 1.82) is 0 Å². The van der Waals surface area contributed by atoms with Gasteiger partial charge in [0, 0.05) is 12.5 Å². The molecule has 1 aromatic rings. The van der Waals surface area contributed by atoms with E-state index in [1.54, 1.807) is 12.1 Å². The molecule has 0 saturated heterocycles. The number of esters is 1. The van der Waals surface area contributed by atoms with Crippen molar-refractivity contribution < 1.29 is 19.1 Å². The molecule has 5 nitrogen and oxygen atoms in total. The number of ether oxygens (including phenoxy) is 2. The van der Waals surface area contributed by atoms with Crippen LogP contribution in [-0.4, -0.2) is 19.0 Å². The van der Waals surface area contributed by atoms with Crippen LogP contribution in [0.1, 0.15) is 12.5 Å². The number of methoxy groups -OCH3 is 1. The second-order valence-electron chi connectivity index (χ2n) is 3.33. The van der Waals surface area contributed by atoms with Crippen molar-refractivity contribution >= 4 is 27.8 Å². The van der Waals surface area contributed by atoms with E-state index in [1.807, 2.05) is 0 Å². The van der Waals surface area contributed by atoms with E-state index in [2.05, 4.69) is 15.9 Å². The highest BCUT2D eigenvalue weighted by Gasteiger charge is 2.13. The molecule has 0 radical (unpaired) electrons. The molecule has 0 heterocycles. The summed E-state index contributed by atoms with van der Waals surface area (Å²) in [6, 6.07) is 3.17. The maximum atomic E-state index is 10.9. The minimum Gasteiger partial charge on any atom is -0.496 e. The summed E-state index contributed by atoms with van der Waals surface area (Å²) in [6.45, 7) is 1.28. The Kier molecular flexibility index (Phi) is 4.51. The van der Waals surface area contributed by atoms with Crippen LogP contribution in [0, 0.1) is 0 Å². The first kappa shape index (κ1) is 13.5. The lowest BCUT2D eigenvalue weighted by atomic mass is 10.1. The number of primary amides is 1. The van der Waals surface area contributed by atoms with Gasteiger partial charge in [0.1, 0.15) is 11.5 Å². The lowest BCUT2D eigenvalue weighted by Gasteiger charge is -2.11. The van der Waals surface area contributed by atoms with E-state index in [9.17, 15) is 9.59 Å². The summed E-state index contributed by atoms with van der Waals surface area (Å²) in [7, 11) is 1.50. The molecule has 1 aromatic carbocycles. The molecule has 0 unspecified atom stereocenters. The largest absolute Gasteiger partial charge is 0.496 e. The second kappa shape index (κ2) is 5.67. The predicted molar refractivity (Wildman–Crippen MR) is 64.9 cm³/mol. The average molecular weight is 302 g/mol. The zero-order valence-electron chi connectivity index (χ0n) is 9.45. The van der Waals surface area contributed by atoms with Crippen LogP contribution in [0.2, 0.25) is 0 Å². The molecule has 0 bridgehead atoms. The number of benzene rings is 1. The fraction of sp³-hybridized carbons (Fsp3) is 0.273. The standard InChI is InChI=1S/C11H12BrNO4/c1-6(14)17-9-5-8(12)10(16-2)3-7(9)4-11(13)15/h3,5H,4H2,1-2H3,(H2,13,15). The molecule has 0 atom stereocenters. The minimum atomic E-state index is -0.511. The van der Waals surface area contributed by atoms with Crippen molar-refractivity contribution in [1.82, 2.24) is 0 Å². The fourth-order valence-electron chi connectivity index (χ4n) is 1.31. The molecule has 0 aliphatic heterocycles. The topological polar surface area (TPSA) is 78.6 Å². The highest BCUT2D eigenvalue weighted by atomic mass is 79.9. The van der Waals surface area contributed by atoms with Gasteiger partial charge in [-0.25, -0.2) is 0 Å². The molecular formula is C11H12BrNO4. The number of hydrogen-bond donors (Lipinski definition) is 1. The Hall–Kier alpha value is -1.56. The van der Waals surface area contributed by atoms with Gasteiger partial charge in [-0.05, 0) is 28.1 Å². The first-order valence-corrected chi connectivity index (χ1v) is 5.56. The van der Waals surface area contributed by atoms with Crippen molar-refractivity contribution in [3.8, 4) is 11.5 Å². The molecule has 0 aliphatic carbocycles. The van der Waals surface area contributed by atoms with Gasteiger partial charge in [-0.2, -0.15) is 0 Å². The van der Waals surface area contributed by atoms with E-state index >= 15 is 0 Å². The molecule has 1 amide bonds. The van der Waals surface area contributed by atoms with Gasteiger partial charge in [0.15, 0.2) is 0 Å². The number of nitrogens with two attached hydrogens (primary N) is 1. The highest BCUT2D eigenvalue weighted by Crippen LogP contribution is 2.33. The fourth-order valence-corrected chi connectivity index (χ4v) is 1.79. The molecule has 92 valence electrons. The summed E-state index contributed by atoms with van der Waals surface area (Å²) >= 11 is 3.27.